The summed E-state index contributed by atoms with van der Waals surface area (Å²) >= 11 is 1.24. The lowest BCUT2D eigenvalue weighted by Gasteiger charge is -2.13. The van der Waals surface area contributed by atoms with Gasteiger partial charge in [-0.25, -0.2) is 4.79 Å². The van der Waals surface area contributed by atoms with E-state index < -0.39 is 18.0 Å². The van der Waals surface area contributed by atoms with E-state index in [2.05, 4.69) is 10.4 Å². The number of nitriles is 1. The van der Waals surface area contributed by atoms with Crippen molar-refractivity contribution in [2.75, 3.05) is 5.32 Å². The highest BCUT2D eigenvalue weighted by molar-refractivity contribution is 7.14. The molecule has 1 unspecified atom stereocenters. The second-order valence-corrected chi connectivity index (χ2v) is 6.63. The van der Waals surface area contributed by atoms with Gasteiger partial charge in [0.2, 0.25) is 0 Å². The summed E-state index contributed by atoms with van der Waals surface area (Å²) in [6, 6.07) is 12.4. The van der Waals surface area contributed by atoms with Crippen LogP contribution in [0, 0.1) is 11.3 Å². The smallest absolute Gasteiger partial charge is 0.338 e. The predicted molar refractivity (Wildman–Crippen MR) is 100 cm³/mol. The van der Waals surface area contributed by atoms with Crippen LogP contribution in [0.3, 0.4) is 0 Å². The minimum Gasteiger partial charge on any atom is -0.449 e. The number of amides is 1. The largest absolute Gasteiger partial charge is 0.449 e. The molecule has 2 aromatic heterocycles. The van der Waals surface area contributed by atoms with E-state index in [-0.39, 0.29) is 0 Å². The maximum absolute atomic E-state index is 12.2. The Morgan fingerprint density at radius 3 is 2.78 bits per heavy atom. The van der Waals surface area contributed by atoms with Gasteiger partial charge in [-0.2, -0.15) is 10.4 Å². The summed E-state index contributed by atoms with van der Waals surface area (Å²) in [4.78, 5) is 24.4. The normalized spacial score (nSPS) is 11.4. The van der Waals surface area contributed by atoms with Crippen molar-refractivity contribution in [3.63, 3.8) is 0 Å². The van der Waals surface area contributed by atoms with Gasteiger partial charge in [0.15, 0.2) is 6.10 Å². The van der Waals surface area contributed by atoms with Gasteiger partial charge in [0.1, 0.15) is 11.1 Å². The first-order valence-corrected chi connectivity index (χ1v) is 9.00. The van der Waals surface area contributed by atoms with E-state index in [1.54, 1.807) is 34.5 Å². The van der Waals surface area contributed by atoms with Gasteiger partial charge in [0, 0.05) is 12.4 Å². The molecule has 3 rings (SSSR count). The zero-order valence-electron chi connectivity index (χ0n) is 14.5. The van der Waals surface area contributed by atoms with Crippen molar-refractivity contribution < 1.29 is 14.3 Å². The molecule has 1 aromatic carbocycles. The standard InChI is InChI=1S/C19H16N4O3S/c1-13(17(24)22-18-16(11-20)7-10-27-18)26-19(25)15-5-3-14(4-6-15)12-23-9-2-8-21-23/h2-10,13H,12H2,1H3,(H,22,24). The average Bonchev–Trinajstić information content (AvgIpc) is 3.33. The topological polar surface area (TPSA) is 97.0 Å². The number of nitrogens with one attached hydrogen (secondary N) is 1. The summed E-state index contributed by atoms with van der Waals surface area (Å²) in [5, 5.41) is 17.8. The fourth-order valence-electron chi connectivity index (χ4n) is 2.32. The monoisotopic (exact) mass is 380 g/mol. The molecule has 1 N–H and O–H groups in total. The zero-order valence-corrected chi connectivity index (χ0v) is 15.3. The highest BCUT2D eigenvalue weighted by Gasteiger charge is 2.20. The third kappa shape index (κ3) is 4.59. The number of hydrogen-bond donors (Lipinski definition) is 1. The highest BCUT2D eigenvalue weighted by Crippen LogP contribution is 2.22. The van der Waals surface area contributed by atoms with Crippen LogP contribution in [0.4, 0.5) is 5.00 Å². The number of anilines is 1. The van der Waals surface area contributed by atoms with E-state index in [9.17, 15) is 9.59 Å². The van der Waals surface area contributed by atoms with Gasteiger partial charge < -0.3 is 10.1 Å². The van der Waals surface area contributed by atoms with Crippen LogP contribution < -0.4 is 5.32 Å². The van der Waals surface area contributed by atoms with E-state index >= 15 is 0 Å². The first-order chi connectivity index (χ1) is 13.1. The third-order valence-electron chi connectivity index (χ3n) is 3.77. The van der Waals surface area contributed by atoms with Gasteiger partial charge in [0.05, 0.1) is 17.7 Å². The van der Waals surface area contributed by atoms with Crippen LogP contribution in [0.5, 0.6) is 0 Å². The van der Waals surface area contributed by atoms with Crippen molar-refractivity contribution in [2.24, 2.45) is 0 Å². The molecule has 27 heavy (non-hydrogen) atoms. The Balaban J connectivity index is 1.57. The molecule has 0 radical (unpaired) electrons. The number of esters is 1. The number of thiophene rings is 1. The first-order valence-electron chi connectivity index (χ1n) is 8.12. The Labute approximate surface area is 159 Å². The molecule has 1 amide bonds. The van der Waals surface area contributed by atoms with E-state index in [0.717, 1.165) is 5.56 Å². The van der Waals surface area contributed by atoms with Crippen LogP contribution in [0.1, 0.15) is 28.4 Å². The number of carbonyl (C=O) groups excluding carboxylic acids is 2. The van der Waals surface area contributed by atoms with Crippen LogP contribution in [-0.4, -0.2) is 27.8 Å². The Morgan fingerprint density at radius 1 is 1.33 bits per heavy atom. The number of aromatic nitrogens is 2. The van der Waals surface area contributed by atoms with Gasteiger partial charge in [-0.05, 0) is 42.1 Å². The molecular formula is C19H16N4O3S. The average molecular weight is 380 g/mol. The van der Waals surface area contributed by atoms with Gasteiger partial charge in [0.25, 0.3) is 5.91 Å². The van der Waals surface area contributed by atoms with Crippen LogP contribution in [-0.2, 0) is 16.1 Å². The molecule has 0 aliphatic rings. The first kappa shape index (κ1) is 18.4. The van der Waals surface area contributed by atoms with Crippen LogP contribution in [0.25, 0.3) is 0 Å². The minimum absolute atomic E-state index is 0.354. The van der Waals surface area contributed by atoms with E-state index in [1.807, 2.05) is 30.5 Å². The van der Waals surface area contributed by atoms with Crippen molar-refractivity contribution >= 4 is 28.2 Å². The van der Waals surface area contributed by atoms with Crippen molar-refractivity contribution in [2.45, 2.75) is 19.6 Å². The van der Waals surface area contributed by atoms with E-state index in [0.29, 0.717) is 22.7 Å². The molecule has 0 saturated carbocycles. The van der Waals surface area contributed by atoms with E-state index in [1.165, 1.54) is 18.3 Å². The van der Waals surface area contributed by atoms with Gasteiger partial charge >= 0.3 is 5.97 Å². The van der Waals surface area contributed by atoms with Crippen molar-refractivity contribution in [3.05, 3.63) is 70.9 Å². The Bertz CT molecular complexity index is 971. The maximum atomic E-state index is 12.2. The molecule has 8 heteroatoms. The SMILES string of the molecule is CC(OC(=O)c1ccc(Cn2cccn2)cc1)C(=O)Nc1sccc1C#N. The van der Waals surface area contributed by atoms with Crippen molar-refractivity contribution in [1.29, 1.82) is 5.26 Å². The molecule has 0 fully saturated rings. The van der Waals surface area contributed by atoms with Gasteiger partial charge in [-0.15, -0.1) is 11.3 Å². The predicted octanol–water partition coefficient (Wildman–Crippen LogP) is 3.05. The highest BCUT2D eigenvalue weighted by atomic mass is 32.1. The van der Waals surface area contributed by atoms with Crippen LogP contribution >= 0.6 is 11.3 Å². The number of rotatable bonds is 6. The molecule has 7 nitrogen and oxygen atoms in total. The van der Waals surface area contributed by atoms with Gasteiger partial charge in [-0.3, -0.25) is 9.48 Å². The fourth-order valence-corrected chi connectivity index (χ4v) is 3.06. The molecular weight excluding hydrogens is 364 g/mol. The molecule has 2 heterocycles. The molecule has 3 aromatic rings. The number of nitrogens with zero attached hydrogens (tertiary/aromatic N) is 3. The molecule has 0 spiro atoms. The maximum Gasteiger partial charge on any atom is 0.338 e. The molecule has 1 atom stereocenters. The Morgan fingerprint density at radius 2 is 2.11 bits per heavy atom. The second kappa shape index (κ2) is 8.29. The summed E-state index contributed by atoms with van der Waals surface area (Å²) in [6.45, 7) is 2.09. The molecule has 0 aliphatic heterocycles. The number of ether oxygens (including phenoxy) is 1. The van der Waals surface area contributed by atoms with E-state index in [4.69, 9.17) is 10.00 Å². The fraction of sp³-hybridized carbons (Fsp3) is 0.158. The summed E-state index contributed by atoms with van der Waals surface area (Å²) in [6.07, 6.45) is 2.57. The van der Waals surface area contributed by atoms with Gasteiger partial charge in [-0.1, -0.05) is 12.1 Å². The summed E-state index contributed by atoms with van der Waals surface area (Å²) in [5.74, 6) is -1.08. The summed E-state index contributed by atoms with van der Waals surface area (Å²) in [7, 11) is 0. The molecule has 136 valence electrons. The number of carbonyl (C=O) groups is 2. The van der Waals surface area contributed by atoms with Crippen LogP contribution in [0.2, 0.25) is 0 Å². The molecule has 0 aliphatic carbocycles. The quantitative estimate of drug-likeness (QED) is 0.663. The molecule has 0 bridgehead atoms. The second-order valence-electron chi connectivity index (χ2n) is 5.71. The Kier molecular flexibility index (Phi) is 5.64. The van der Waals surface area contributed by atoms with Crippen molar-refractivity contribution in [1.82, 2.24) is 9.78 Å². The minimum atomic E-state index is -0.991. The lowest BCUT2D eigenvalue weighted by molar-refractivity contribution is -0.123. The Hall–Kier alpha value is -3.44. The number of benzene rings is 1. The lowest BCUT2D eigenvalue weighted by Crippen LogP contribution is -2.29. The lowest BCUT2D eigenvalue weighted by atomic mass is 10.1. The third-order valence-corrected chi connectivity index (χ3v) is 4.60. The summed E-state index contributed by atoms with van der Waals surface area (Å²) in [5.41, 5.74) is 1.72. The van der Waals surface area contributed by atoms with Crippen LogP contribution in [0.15, 0.2) is 54.2 Å². The zero-order chi connectivity index (χ0) is 19.2. The number of hydrogen-bond acceptors (Lipinski definition) is 6. The summed E-state index contributed by atoms with van der Waals surface area (Å²) < 4.78 is 7.00. The molecule has 0 saturated heterocycles. The van der Waals surface area contributed by atoms with Crippen molar-refractivity contribution in [3.8, 4) is 6.07 Å².